The summed E-state index contributed by atoms with van der Waals surface area (Å²) in [6, 6.07) is 0.584. The van der Waals surface area contributed by atoms with Crippen molar-refractivity contribution in [1.82, 2.24) is 15.2 Å². The van der Waals surface area contributed by atoms with E-state index in [-0.39, 0.29) is 0 Å². The van der Waals surface area contributed by atoms with Crippen molar-refractivity contribution < 1.29 is 4.42 Å². The Morgan fingerprint density at radius 1 is 1.71 bits per heavy atom. The van der Waals surface area contributed by atoms with Crippen molar-refractivity contribution in [3.63, 3.8) is 0 Å². The average molecular weight is 195 g/mol. The third kappa shape index (κ3) is 2.13. The van der Waals surface area contributed by atoms with Crippen molar-refractivity contribution >= 4 is 0 Å². The van der Waals surface area contributed by atoms with Gasteiger partial charge in [0.05, 0.1) is 5.69 Å². The minimum absolute atomic E-state index is 0.584. The molecule has 1 aliphatic rings. The van der Waals surface area contributed by atoms with E-state index in [1.807, 2.05) is 6.92 Å². The van der Waals surface area contributed by atoms with E-state index in [1.165, 1.54) is 0 Å². The first-order valence-electron chi connectivity index (χ1n) is 5.11. The van der Waals surface area contributed by atoms with Crippen LogP contribution < -0.4 is 5.32 Å². The molecular formula is C10H17N3O. The molecule has 0 spiro atoms. The number of piperazine rings is 1. The van der Waals surface area contributed by atoms with Crippen LogP contribution in [0.25, 0.3) is 0 Å². The van der Waals surface area contributed by atoms with E-state index < -0.39 is 0 Å². The Kier molecular flexibility index (Phi) is 2.84. The molecule has 1 saturated heterocycles. The number of hydrogen-bond donors (Lipinski definition) is 1. The summed E-state index contributed by atoms with van der Waals surface area (Å²) in [6.07, 6.45) is 1.75. The van der Waals surface area contributed by atoms with Gasteiger partial charge in [-0.2, -0.15) is 0 Å². The molecule has 14 heavy (non-hydrogen) atoms. The minimum atomic E-state index is 0.584. The number of oxazole rings is 1. The molecule has 1 fully saturated rings. The molecule has 1 unspecified atom stereocenters. The third-order valence-corrected chi connectivity index (χ3v) is 2.67. The van der Waals surface area contributed by atoms with Gasteiger partial charge in [0, 0.05) is 39.1 Å². The van der Waals surface area contributed by atoms with Crippen molar-refractivity contribution in [3.8, 4) is 0 Å². The maximum atomic E-state index is 5.19. The lowest BCUT2D eigenvalue weighted by molar-refractivity contribution is 0.163. The summed E-state index contributed by atoms with van der Waals surface area (Å²) >= 11 is 0. The molecule has 1 aliphatic heterocycles. The molecule has 2 heterocycles. The summed E-state index contributed by atoms with van der Waals surface area (Å²) in [4.78, 5) is 6.73. The van der Waals surface area contributed by atoms with Crippen LogP contribution in [0.2, 0.25) is 0 Å². The molecule has 0 radical (unpaired) electrons. The lowest BCUT2D eigenvalue weighted by atomic mass is 10.2. The van der Waals surface area contributed by atoms with E-state index in [0.717, 1.165) is 37.8 Å². The molecule has 2 rings (SSSR count). The van der Waals surface area contributed by atoms with Gasteiger partial charge in [-0.25, -0.2) is 4.98 Å². The maximum absolute atomic E-state index is 5.19. The molecule has 1 atom stereocenters. The molecular weight excluding hydrogens is 178 g/mol. The smallest absolute Gasteiger partial charge is 0.191 e. The molecule has 0 aliphatic carbocycles. The zero-order chi connectivity index (χ0) is 9.97. The maximum Gasteiger partial charge on any atom is 0.191 e. The Bertz CT molecular complexity index is 297. The van der Waals surface area contributed by atoms with Gasteiger partial charge in [-0.05, 0) is 6.92 Å². The Morgan fingerprint density at radius 2 is 2.57 bits per heavy atom. The largest absolute Gasteiger partial charge is 0.449 e. The lowest BCUT2D eigenvalue weighted by Gasteiger charge is -2.33. The molecule has 1 aromatic heterocycles. The first-order valence-corrected chi connectivity index (χ1v) is 5.11. The Hall–Kier alpha value is -0.870. The summed E-state index contributed by atoms with van der Waals surface area (Å²) in [5, 5.41) is 3.37. The molecule has 4 heteroatoms. The second kappa shape index (κ2) is 4.11. The minimum Gasteiger partial charge on any atom is -0.449 e. The normalized spacial score (nSPS) is 24.0. The fourth-order valence-corrected chi connectivity index (χ4v) is 1.81. The van der Waals surface area contributed by atoms with E-state index in [9.17, 15) is 0 Å². The summed E-state index contributed by atoms with van der Waals surface area (Å²) in [7, 11) is 0. The summed E-state index contributed by atoms with van der Waals surface area (Å²) < 4.78 is 5.19. The number of rotatable bonds is 2. The average Bonchev–Trinajstić information content (AvgIpc) is 2.56. The second-order valence-electron chi connectivity index (χ2n) is 3.88. The highest BCUT2D eigenvalue weighted by molar-refractivity contribution is 4.96. The van der Waals surface area contributed by atoms with Crippen LogP contribution in [0.3, 0.4) is 0 Å². The van der Waals surface area contributed by atoms with Gasteiger partial charge in [0.15, 0.2) is 5.89 Å². The fourth-order valence-electron chi connectivity index (χ4n) is 1.81. The number of nitrogens with zero attached hydrogens (tertiary/aromatic N) is 2. The van der Waals surface area contributed by atoms with Crippen LogP contribution in [-0.2, 0) is 6.54 Å². The molecule has 0 amide bonds. The summed E-state index contributed by atoms with van der Waals surface area (Å²) in [5.41, 5.74) is 1.04. The Morgan fingerprint density at radius 3 is 3.21 bits per heavy atom. The molecule has 78 valence electrons. The zero-order valence-corrected chi connectivity index (χ0v) is 8.79. The standard InChI is InChI=1S/C10H17N3O/c1-8-5-11-3-4-13(8)6-10-7-14-9(2)12-10/h7-8,11H,3-6H2,1-2H3. The van der Waals surface area contributed by atoms with Crippen LogP contribution in [0, 0.1) is 6.92 Å². The van der Waals surface area contributed by atoms with Crippen LogP contribution in [0.4, 0.5) is 0 Å². The number of aryl methyl sites for hydroxylation is 1. The molecule has 1 aromatic rings. The van der Waals surface area contributed by atoms with Crippen LogP contribution >= 0.6 is 0 Å². The van der Waals surface area contributed by atoms with E-state index in [4.69, 9.17) is 4.42 Å². The fraction of sp³-hybridized carbons (Fsp3) is 0.700. The highest BCUT2D eigenvalue weighted by atomic mass is 16.3. The number of nitrogens with one attached hydrogen (secondary N) is 1. The SMILES string of the molecule is Cc1nc(CN2CCNCC2C)co1. The van der Waals surface area contributed by atoms with Gasteiger partial charge in [0.2, 0.25) is 0 Å². The predicted molar refractivity (Wildman–Crippen MR) is 54.0 cm³/mol. The topological polar surface area (TPSA) is 41.3 Å². The summed E-state index contributed by atoms with van der Waals surface area (Å²) in [6.45, 7) is 8.25. The van der Waals surface area contributed by atoms with Crippen LogP contribution in [0.15, 0.2) is 10.7 Å². The van der Waals surface area contributed by atoms with Gasteiger partial charge < -0.3 is 9.73 Å². The van der Waals surface area contributed by atoms with E-state index in [0.29, 0.717) is 6.04 Å². The quantitative estimate of drug-likeness (QED) is 0.757. The molecule has 1 N–H and O–H groups in total. The van der Waals surface area contributed by atoms with Crippen molar-refractivity contribution in [2.45, 2.75) is 26.4 Å². The van der Waals surface area contributed by atoms with Crippen LogP contribution in [0.5, 0.6) is 0 Å². The number of aromatic nitrogens is 1. The third-order valence-electron chi connectivity index (χ3n) is 2.67. The van der Waals surface area contributed by atoms with Gasteiger partial charge in [0.1, 0.15) is 6.26 Å². The van der Waals surface area contributed by atoms with Crippen molar-refractivity contribution in [2.24, 2.45) is 0 Å². The van der Waals surface area contributed by atoms with E-state index >= 15 is 0 Å². The van der Waals surface area contributed by atoms with Crippen molar-refractivity contribution in [2.75, 3.05) is 19.6 Å². The first kappa shape index (κ1) is 9.68. The first-order chi connectivity index (χ1) is 6.75. The monoisotopic (exact) mass is 195 g/mol. The van der Waals surface area contributed by atoms with Crippen LogP contribution in [-0.4, -0.2) is 35.6 Å². The predicted octanol–water partition coefficient (Wildman–Crippen LogP) is 0.777. The highest BCUT2D eigenvalue weighted by Gasteiger charge is 2.18. The molecule has 0 bridgehead atoms. The molecule has 0 aromatic carbocycles. The van der Waals surface area contributed by atoms with Gasteiger partial charge in [-0.3, -0.25) is 4.90 Å². The molecule has 4 nitrogen and oxygen atoms in total. The van der Waals surface area contributed by atoms with Crippen LogP contribution in [0.1, 0.15) is 18.5 Å². The van der Waals surface area contributed by atoms with Gasteiger partial charge in [0.25, 0.3) is 0 Å². The van der Waals surface area contributed by atoms with Gasteiger partial charge >= 0.3 is 0 Å². The van der Waals surface area contributed by atoms with Crippen molar-refractivity contribution in [1.29, 1.82) is 0 Å². The zero-order valence-electron chi connectivity index (χ0n) is 8.79. The Labute approximate surface area is 84.3 Å². The van der Waals surface area contributed by atoms with Crippen molar-refractivity contribution in [3.05, 3.63) is 17.8 Å². The molecule has 0 saturated carbocycles. The van der Waals surface area contributed by atoms with E-state index in [2.05, 4.69) is 22.1 Å². The number of hydrogen-bond acceptors (Lipinski definition) is 4. The van der Waals surface area contributed by atoms with Gasteiger partial charge in [-0.1, -0.05) is 0 Å². The van der Waals surface area contributed by atoms with Gasteiger partial charge in [-0.15, -0.1) is 0 Å². The second-order valence-corrected chi connectivity index (χ2v) is 3.88. The highest BCUT2D eigenvalue weighted by Crippen LogP contribution is 2.09. The summed E-state index contributed by atoms with van der Waals surface area (Å²) in [5.74, 6) is 0.753. The Balaban J connectivity index is 1.95. The lowest BCUT2D eigenvalue weighted by Crippen LogP contribution is -2.49. The van der Waals surface area contributed by atoms with E-state index in [1.54, 1.807) is 6.26 Å².